The van der Waals surface area contributed by atoms with Crippen molar-refractivity contribution in [1.82, 2.24) is 15.0 Å². The smallest absolute Gasteiger partial charge is 0.255 e. The van der Waals surface area contributed by atoms with Crippen LogP contribution in [0.3, 0.4) is 0 Å². The van der Waals surface area contributed by atoms with Crippen LogP contribution >= 0.6 is 11.6 Å². The third-order valence-corrected chi connectivity index (χ3v) is 4.68. The lowest BCUT2D eigenvalue weighted by Gasteiger charge is -2.24. The Labute approximate surface area is 170 Å². The summed E-state index contributed by atoms with van der Waals surface area (Å²) in [5, 5.41) is 4.52. The highest BCUT2D eigenvalue weighted by atomic mass is 35.5. The van der Waals surface area contributed by atoms with Crippen molar-refractivity contribution >= 4 is 17.5 Å². The highest BCUT2D eigenvalue weighted by Gasteiger charge is 2.20. The minimum atomic E-state index is -0.0856. The minimum absolute atomic E-state index is 0.0856. The lowest BCUT2D eigenvalue weighted by molar-refractivity contribution is 0.0735. The summed E-state index contributed by atoms with van der Waals surface area (Å²) in [5.41, 5.74) is 2.59. The van der Waals surface area contributed by atoms with E-state index in [1.54, 1.807) is 17.0 Å². The zero-order chi connectivity index (χ0) is 20.1. The molecule has 3 aromatic rings. The van der Waals surface area contributed by atoms with Gasteiger partial charge in [-0.3, -0.25) is 4.79 Å². The molecule has 0 saturated carbocycles. The molecule has 0 saturated heterocycles. The number of aryl methyl sites for hydroxylation is 1. The third-order valence-electron chi connectivity index (χ3n) is 4.35. The summed E-state index contributed by atoms with van der Waals surface area (Å²) in [5.74, 6) is 1.31. The summed E-state index contributed by atoms with van der Waals surface area (Å²) < 4.78 is 5.39. The second kappa shape index (κ2) is 9.02. The van der Waals surface area contributed by atoms with Gasteiger partial charge in [0.15, 0.2) is 0 Å². The molecule has 146 valence electrons. The highest BCUT2D eigenvalue weighted by Crippen LogP contribution is 2.19. The van der Waals surface area contributed by atoms with Gasteiger partial charge in [0.2, 0.25) is 11.7 Å². The summed E-state index contributed by atoms with van der Waals surface area (Å²) in [6.45, 7) is 7.30. The topological polar surface area (TPSA) is 59.2 Å². The molecule has 0 fully saturated rings. The largest absolute Gasteiger partial charge is 0.339 e. The fourth-order valence-corrected chi connectivity index (χ4v) is 3.14. The Bertz CT molecular complexity index is 935. The molecular formula is C22H24ClN3O2. The fraction of sp³-hybridized carbons (Fsp3) is 0.318. The van der Waals surface area contributed by atoms with Crippen molar-refractivity contribution in [1.29, 1.82) is 0 Å². The van der Waals surface area contributed by atoms with Crippen LogP contribution in [0.5, 0.6) is 0 Å². The number of rotatable bonds is 7. The van der Waals surface area contributed by atoms with Crippen LogP contribution in [-0.2, 0) is 6.42 Å². The van der Waals surface area contributed by atoms with E-state index < -0.39 is 0 Å². The van der Waals surface area contributed by atoms with Crippen molar-refractivity contribution in [2.45, 2.75) is 27.2 Å². The van der Waals surface area contributed by atoms with Crippen molar-refractivity contribution in [2.75, 3.05) is 13.1 Å². The zero-order valence-corrected chi connectivity index (χ0v) is 17.1. The maximum absolute atomic E-state index is 13.0. The Kier molecular flexibility index (Phi) is 6.47. The van der Waals surface area contributed by atoms with E-state index in [0.29, 0.717) is 47.7 Å². The van der Waals surface area contributed by atoms with Gasteiger partial charge in [-0.05, 0) is 25.0 Å². The van der Waals surface area contributed by atoms with E-state index in [0.717, 1.165) is 5.56 Å². The summed E-state index contributed by atoms with van der Waals surface area (Å²) in [4.78, 5) is 19.2. The molecule has 0 bridgehead atoms. The maximum atomic E-state index is 13.0. The Morgan fingerprint density at radius 3 is 2.54 bits per heavy atom. The molecule has 0 spiro atoms. The first-order chi connectivity index (χ1) is 13.4. The number of benzene rings is 2. The molecule has 0 radical (unpaired) electrons. The van der Waals surface area contributed by atoms with Crippen molar-refractivity contribution in [3.05, 3.63) is 70.6 Å². The molecule has 1 aromatic heterocycles. The number of nitrogens with zero attached hydrogens (tertiary/aromatic N) is 3. The fourth-order valence-electron chi connectivity index (χ4n) is 2.93. The predicted molar refractivity (Wildman–Crippen MR) is 110 cm³/mol. The van der Waals surface area contributed by atoms with Crippen LogP contribution in [0.15, 0.2) is 53.1 Å². The molecule has 0 N–H and O–H groups in total. The molecule has 0 aliphatic heterocycles. The number of hydrogen-bond acceptors (Lipinski definition) is 4. The van der Waals surface area contributed by atoms with Gasteiger partial charge in [-0.1, -0.05) is 72.6 Å². The molecule has 6 heteroatoms. The van der Waals surface area contributed by atoms with E-state index in [1.807, 2.05) is 43.3 Å². The number of amides is 1. The molecule has 1 amide bonds. The van der Waals surface area contributed by atoms with Crippen molar-refractivity contribution in [2.24, 2.45) is 5.92 Å². The number of halogens is 1. The van der Waals surface area contributed by atoms with Crippen molar-refractivity contribution < 1.29 is 9.32 Å². The summed E-state index contributed by atoms with van der Waals surface area (Å²) in [6.07, 6.45) is 0.488. The second-order valence-corrected chi connectivity index (χ2v) is 7.66. The van der Waals surface area contributed by atoms with Gasteiger partial charge in [-0.2, -0.15) is 4.98 Å². The van der Waals surface area contributed by atoms with Crippen LogP contribution in [0.4, 0.5) is 0 Å². The Hall–Kier alpha value is -2.66. The van der Waals surface area contributed by atoms with E-state index in [2.05, 4.69) is 24.0 Å². The Morgan fingerprint density at radius 1 is 1.14 bits per heavy atom. The van der Waals surface area contributed by atoms with Gasteiger partial charge in [0.25, 0.3) is 5.91 Å². The van der Waals surface area contributed by atoms with Crippen LogP contribution in [0.2, 0.25) is 5.02 Å². The Balaban J connectivity index is 1.71. The quantitative estimate of drug-likeness (QED) is 0.560. The van der Waals surface area contributed by atoms with Crippen molar-refractivity contribution in [3.63, 3.8) is 0 Å². The molecule has 0 aliphatic carbocycles. The number of carbonyl (C=O) groups is 1. The molecule has 5 nitrogen and oxygen atoms in total. The molecule has 0 atom stereocenters. The predicted octanol–water partition coefficient (Wildman–Crippen LogP) is 5.04. The first-order valence-corrected chi connectivity index (χ1v) is 9.75. The lowest BCUT2D eigenvalue weighted by Crippen LogP contribution is -2.36. The first-order valence-electron chi connectivity index (χ1n) is 9.37. The standard InChI is InChI=1S/C22H24ClN3O2/c1-15(2)14-26(22(27)18-6-4-5-7-19(18)23)13-12-20-24-21(25-28-20)17-10-8-16(3)9-11-17/h4-11,15H,12-14H2,1-3H3. The van der Waals surface area contributed by atoms with Gasteiger partial charge in [0.05, 0.1) is 10.6 Å². The van der Waals surface area contributed by atoms with E-state index in [9.17, 15) is 4.79 Å². The van der Waals surface area contributed by atoms with Gasteiger partial charge in [0.1, 0.15) is 0 Å². The monoisotopic (exact) mass is 397 g/mol. The molecule has 3 rings (SSSR count). The van der Waals surface area contributed by atoms with Crippen LogP contribution < -0.4 is 0 Å². The second-order valence-electron chi connectivity index (χ2n) is 7.25. The van der Waals surface area contributed by atoms with Gasteiger partial charge in [-0.25, -0.2) is 0 Å². The summed E-state index contributed by atoms with van der Waals surface area (Å²) in [6, 6.07) is 15.1. The van der Waals surface area contributed by atoms with Crippen molar-refractivity contribution in [3.8, 4) is 11.4 Å². The highest BCUT2D eigenvalue weighted by molar-refractivity contribution is 6.33. The van der Waals surface area contributed by atoms with E-state index in [-0.39, 0.29) is 5.91 Å². The van der Waals surface area contributed by atoms with E-state index in [4.69, 9.17) is 16.1 Å². The van der Waals surface area contributed by atoms with Crippen LogP contribution in [0.25, 0.3) is 11.4 Å². The zero-order valence-electron chi connectivity index (χ0n) is 16.4. The normalized spacial score (nSPS) is 11.0. The molecule has 1 heterocycles. The van der Waals surface area contributed by atoms with Gasteiger partial charge in [-0.15, -0.1) is 0 Å². The SMILES string of the molecule is Cc1ccc(-c2noc(CCN(CC(C)C)C(=O)c3ccccc3Cl)n2)cc1. The first kappa shape index (κ1) is 20.1. The van der Waals surface area contributed by atoms with Gasteiger partial charge in [0, 0.05) is 25.1 Å². The minimum Gasteiger partial charge on any atom is -0.339 e. The number of hydrogen-bond donors (Lipinski definition) is 0. The molecular weight excluding hydrogens is 374 g/mol. The summed E-state index contributed by atoms with van der Waals surface area (Å²) in [7, 11) is 0. The average Bonchev–Trinajstić information content (AvgIpc) is 3.14. The van der Waals surface area contributed by atoms with Crippen LogP contribution in [0, 0.1) is 12.8 Å². The maximum Gasteiger partial charge on any atom is 0.255 e. The summed E-state index contributed by atoms with van der Waals surface area (Å²) >= 11 is 6.21. The molecule has 2 aromatic carbocycles. The third kappa shape index (κ3) is 4.98. The number of aromatic nitrogens is 2. The van der Waals surface area contributed by atoms with Crippen LogP contribution in [0.1, 0.15) is 35.7 Å². The molecule has 28 heavy (non-hydrogen) atoms. The van der Waals surface area contributed by atoms with E-state index in [1.165, 1.54) is 5.56 Å². The number of carbonyl (C=O) groups excluding carboxylic acids is 1. The van der Waals surface area contributed by atoms with Crippen LogP contribution in [-0.4, -0.2) is 34.0 Å². The Morgan fingerprint density at radius 2 is 1.86 bits per heavy atom. The van der Waals surface area contributed by atoms with Gasteiger partial charge >= 0.3 is 0 Å². The average molecular weight is 398 g/mol. The van der Waals surface area contributed by atoms with E-state index >= 15 is 0 Å². The molecule has 0 aliphatic rings. The van der Waals surface area contributed by atoms with Gasteiger partial charge < -0.3 is 9.42 Å². The molecule has 0 unspecified atom stereocenters. The lowest BCUT2D eigenvalue weighted by atomic mass is 10.1.